The number of hydrogen-bond donors (Lipinski definition) is 2. The summed E-state index contributed by atoms with van der Waals surface area (Å²) in [5, 5.41) is 5.34. The zero-order valence-electron chi connectivity index (χ0n) is 11.6. The number of fused-ring (bicyclic) bond motifs is 1. The fraction of sp³-hybridized carbons (Fsp3) is 0.429. The van der Waals surface area contributed by atoms with Gasteiger partial charge in [0.2, 0.25) is 5.91 Å². The maximum atomic E-state index is 12.5. The van der Waals surface area contributed by atoms with Crippen LogP contribution in [0.3, 0.4) is 0 Å². The highest BCUT2D eigenvalue weighted by molar-refractivity contribution is 7.10. The topological polar surface area (TPSA) is 61.0 Å². The van der Waals surface area contributed by atoms with Crippen LogP contribution in [0.2, 0.25) is 0 Å². The van der Waals surface area contributed by atoms with E-state index in [1.54, 1.807) is 22.6 Å². The first-order chi connectivity index (χ1) is 9.65. The fourth-order valence-corrected chi connectivity index (χ4v) is 3.43. The zero-order valence-corrected chi connectivity index (χ0v) is 12.5. The lowest BCUT2D eigenvalue weighted by atomic mass is 10.0. The third kappa shape index (κ3) is 2.48. The number of H-pyrrole nitrogens is 1. The molecule has 0 spiro atoms. The molecule has 1 atom stereocenters. The first kappa shape index (κ1) is 13.3. The number of imidazole rings is 1. The van der Waals surface area contributed by atoms with E-state index in [4.69, 9.17) is 0 Å². The number of rotatable bonds is 3. The van der Waals surface area contributed by atoms with Gasteiger partial charge >= 0.3 is 0 Å². The van der Waals surface area contributed by atoms with Crippen molar-refractivity contribution >= 4 is 17.2 Å². The number of amides is 1. The average Bonchev–Trinajstić information content (AvgIpc) is 3.06. The molecule has 20 heavy (non-hydrogen) atoms. The van der Waals surface area contributed by atoms with E-state index in [0.717, 1.165) is 11.4 Å². The molecule has 1 unspecified atom stereocenters. The van der Waals surface area contributed by atoms with E-state index in [-0.39, 0.29) is 11.9 Å². The van der Waals surface area contributed by atoms with Gasteiger partial charge in [0.05, 0.1) is 30.3 Å². The van der Waals surface area contributed by atoms with Crippen molar-refractivity contribution in [2.75, 3.05) is 7.05 Å². The molecule has 1 aliphatic rings. The summed E-state index contributed by atoms with van der Waals surface area (Å²) in [6.07, 6.45) is 2.35. The number of hydrogen-bond acceptors (Lipinski definition) is 4. The Kier molecular flexibility index (Phi) is 3.58. The molecule has 3 heterocycles. The normalized spacial score (nSPS) is 17.8. The van der Waals surface area contributed by atoms with Gasteiger partial charge in [0, 0.05) is 24.9 Å². The van der Waals surface area contributed by atoms with E-state index < -0.39 is 0 Å². The molecule has 2 aromatic rings. The van der Waals surface area contributed by atoms with Gasteiger partial charge in [0.15, 0.2) is 0 Å². The number of aryl methyl sites for hydroxylation is 1. The van der Waals surface area contributed by atoms with Crippen molar-refractivity contribution in [2.24, 2.45) is 0 Å². The molecular weight excluding hydrogens is 272 g/mol. The van der Waals surface area contributed by atoms with E-state index in [2.05, 4.69) is 33.7 Å². The number of thiophene rings is 1. The van der Waals surface area contributed by atoms with Crippen molar-refractivity contribution < 1.29 is 4.79 Å². The van der Waals surface area contributed by atoms with E-state index >= 15 is 0 Å². The van der Waals surface area contributed by atoms with Crippen LogP contribution >= 0.6 is 11.3 Å². The van der Waals surface area contributed by atoms with Crippen LogP contribution in [0, 0.1) is 6.92 Å². The predicted octanol–water partition coefficient (Wildman–Crippen LogP) is 1.45. The average molecular weight is 290 g/mol. The van der Waals surface area contributed by atoms with Crippen molar-refractivity contribution in [3.8, 4) is 0 Å². The van der Waals surface area contributed by atoms with Crippen LogP contribution in [0.15, 0.2) is 17.8 Å². The van der Waals surface area contributed by atoms with Crippen LogP contribution in [0.4, 0.5) is 0 Å². The Labute approximate surface area is 122 Å². The Bertz CT molecular complexity index is 618. The smallest absolute Gasteiger partial charge is 0.240 e. The minimum absolute atomic E-state index is 0.131. The predicted molar refractivity (Wildman–Crippen MR) is 78.4 cm³/mol. The van der Waals surface area contributed by atoms with Crippen LogP contribution in [0.25, 0.3) is 0 Å². The van der Waals surface area contributed by atoms with E-state index in [1.807, 2.05) is 7.05 Å². The largest absolute Gasteiger partial charge is 0.347 e. The van der Waals surface area contributed by atoms with Gasteiger partial charge in [-0.2, -0.15) is 0 Å². The van der Waals surface area contributed by atoms with Gasteiger partial charge < -0.3 is 9.88 Å². The van der Waals surface area contributed by atoms with Gasteiger partial charge in [-0.3, -0.25) is 10.1 Å². The van der Waals surface area contributed by atoms with Crippen LogP contribution in [0.1, 0.15) is 21.8 Å². The summed E-state index contributed by atoms with van der Waals surface area (Å²) in [7, 11) is 1.86. The van der Waals surface area contributed by atoms with Crippen molar-refractivity contribution in [3.63, 3.8) is 0 Å². The second-order valence-electron chi connectivity index (χ2n) is 5.19. The molecule has 0 aromatic carbocycles. The maximum Gasteiger partial charge on any atom is 0.240 e. The lowest BCUT2D eigenvalue weighted by Gasteiger charge is -2.27. The molecule has 2 N–H and O–H groups in total. The number of nitrogens with one attached hydrogen (secondary N) is 2. The van der Waals surface area contributed by atoms with Crippen molar-refractivity contribution in [1.29, 1.82) is 0 Å². The van der Waals surface area contributed by atoms with Crippen LogP contribution in [0.5, 0.6) is 0 Å². The summed E-state index contributed by atoms with van der Waals surface area (Å²) < 4.78 is 0. The maximum absolute atomic E-state index is 12.5. The van der Waals surface area contributed by atoms with E-state index in [1.165, 1.54) is 10.4 Å². The first-order valence-electron chi connectivity index (χ1n) is 6.67. The molecule has 2 aromatic heterocycles. The molecule has 0 saturated carbocycles. The zero-order chi connectivity index (χ0) is 14.1. The standard InChI is InChI=1S/C14H18N4OS/c1-9-3-4-20-13(9)7-18(2)14(19)11-5-10-12(6-15-11)17-8-16-10/h3-4,8,11,15H,5-7H2,1-2H3,(H,16,17). The van der Waals surface area contributed by atoms with Crippen molar-refractivity contribution in [1.82, 2.24) is 20.2 Å². The monoisotopic (exact) mass is 290 g/mol. The van der Waals surface area contributed by atoms with E-state index in [0.29, 0.717) is 19.5 Å². The van der Waals surface area contributed by atoms with Gasteiger partial charge in [-0.15, -0.1) is 11.3 Å². The molecule has 0 radical (unpaired) electrons. The third-order valence-corrected chi connectivity index (χ3v) is 4.76. The Morgan fingerprint density at radius 1 is 1.60 bits per heavy atom. The molecule has 0 fully saturated rings. The SMILES string of the molecule is Cc1ccsc1CN(C)C(=O)C1Cc2nc[nH]c2CN1. The molecule has 3 rings (SSSR count). The highest BCUT2D eigenvalue weighted by Crippen LogP contribution is 2.19. The summed E-state index contributed by atoms with van der Waals surface area (Å²) >= 11 is 1.70. The number of nitrogens with zero attached hydrogens (tertiary/aromatic N) is 2. The van der Waals surface area contributed by atoms with Crippen molar-refractivity contribution in [3.05, 3.63) is 39.6 Å². The van der Waals surface area contributed by atoms with Gasteiger partial charge in [0.25, 0.3) is 0 Å². The minimum Gasteiger partial charge on any atom is -0.347 e. The third-order valence-electron chi connectivity index (χ3n) is 3.75. The molecule has 5 nitrogen and oxygen atoms in total. The summed E-state index contributed by atoms with van der Waals surface area (Å²) in [6, 6.07) is 1.92. The number of carbonyl (C=O) groups excluding carboxylic acids is 1. The molecular formula is C14H18N4OS. The molecule has 1 aliphatic heterocycles. The first-order valence-corrected chi connectivity index (χ1v) is 7.55. The molecule has 0 aliphatic carbocycles. The lowest BCUT2D eigenvalue weighted by Crippen LogP contribution is -2.48. The summed E-state index contributed by atoms with van der Waals surface area (Å²) in [6.45, 7) is 3.44. The van der Waals surface area contributed by atoms with Gasteiger partial charge in [-0.25, -0.2) is 4.98 Å². The Hall–Kier alpha value is -1.66. The van der Waals surface area contributed by atoms with E-state index in [9.17, 15) is 4.79 Å². The Balaban J connectivity index is 1.66. The van der Waals surface area contributed by atoms with Gasteiger partial charge in [0.1, 0.15) is 0 Å². The minimum atomic E-state index is -0.170. The van der Waals surface area contributed by atoms with Crippen LogP contribution in [-0.2, 0) is 24.3 Å². The molecule has 106 valence electrons. The highest BCUT2D eigenvalue weighted by Gasteiger charge is 2.28. The lowest BCUT2D eigenvalue weighted by molar-refractivity contribution is -0.132. The molecule has 0 bridgehead atoms. The van der Waals surface area contributed by atoms with Gasteiger partial charge in [-0.05, 0) is 23.9 Å². The second kappa shape index (κ2) is 5.38. The number of aromatic amines is 1. The number of likely N-dealkylation sites (N-methyl/N-ethyl adjacent to an activating group) is 1. The summed E-state index contributed by atoms with van der Waals surface area (Å²) in [5.41, 5.74) is 3.34. The Morgan fingerprint density at radius 2 is 2.45 bits per heavy atom. The number of carbonyl (C=O) groups is 1. The molecule has 0 saturated heterocycles. The highest BCUT2D eigenvalue weighted by atomic mass is 32.1. The second-order valence-corrected chi connectivity index (χ2v) is 6.19. The fourth-order valence-electron chi connectivity index (χ4n) is 2.47. The quantitative estimate of drug-likeness (QED) is 0.899. The Morgan fingerprint density at radius 3 is 3.20 bits per heavy atom. The van der Waals surface area contributed by atoms with Crippen molar-refractivity contribution in [2.45, 2.75) is 32.5 Å². The molecule has 6 heteroatoms. The number of aromatic nitrogens is 2. The molecule has 1 amide bonds. The van der Waals surface area contributed by atoms with Gasteiger partial charge in [-0.1, -0.05) is 0 Å². The summed E-state index contributed by atoms with van der Waals surface area (Å²) in [4.78, 5) is 22.9. The van der Waals surface area contributed by atoms with Crippen LogP contribution in [-0.4, -0.2) is 33.9 Å². The van der Waals surface area contributed by atoms with Crippen LogP contribution < -0.4 is 5.32 Å². The summed E-state index contributed by atoms with van der Waals surface area (Å²) in [5.74, 6) is 0.131.